The summed E-state index contributed by atoms with van der Waals surface area (Å²) in [5.41, 5.74) is 0.884. The molecule has 1 N–H and O–H groups in total. The van der Waals surface area contributed by atoms with Crippen LogP contribution in [0.1, 0.15) is 5.56 Å². The summed E-state index contributed by atoms with van der Waals surface area (Å²) in [4.78, 5) is 32.1. The van der Waals surface area contributed by atoms with E-state index in [-0.39, 0.29) is 11.3 Å². The van der Waals surface area contributed by atoms with Crippen molar-refractivity contribution in [3.8, 4) is 11.5 Å². The second-order valence-electron chi connectivity index (χ2n) is 5.11. The molecular formula is C16H13FN4O7. The summed E-state index contributed by atoms with van der Waals surface area (Å²) in [6.45, 7) is -0.705. The first-order chi connectivity index (χ1) is 13.3. The second-order valence-corrected chi connectivity index (χ2v) is 5.11. The summed E-state index contributed by atoms with van der Waals surface area (Å²) in [6, 6.07) is 7.33. The fourth-order valence-electron chi connectivity index (χ4n) is 2.03. The molecule has 0 radical (unpaired) electrons. The molecule has 0 saturated heterocycles. The van der Waals surface area contributed by atoms with Crippen molar-refractivity contribution in [2.24, 2.45) is 5.10 Å². The summed E-state index contributed by atoms with van der Waals surface area (Å²) in [6.07, 6.45) is 1.07. The smallest absolute Gasteiger partial charge is 0.321 e. The van der Waals surface area contributed by atoms with Crippen LogP contribution in [0.4, 0.5) is 15.8 Å². The number of halogens is 1. The van der Waals surface area contributed by atoms with Crippen LogP contribution in [-0.2, 0) is 4.79 Å². The van der Waals surface area contributed by atoms with E-state index in [0.717, 1.165) is 19.4 Å². The van der Waals surface area contributed by atoms with Crippen molar-refractivity contribution in [1.29, 1.82) is 0 Å². The summed E-state index contributed by atoms with van der Waals surface area (Å²) in [5.74, 6) is -2.08. The van der Waals surface area contributed by atoms with E-state index in [1.54, 1.807) is 6.07 Å². The lowest BCUT2D eigenvalue weighted by atomic mass is 10.2. The first-order valence-corrected chi connectivity index (χ1v) is 7.53. The van der Waals surface area contributed by atoms with Gasteiger partial charge in [-0.1, -0.05) is 18.2 Å². The molecule has 0 aromatic heterocycles. The van der Waals surface area contributed by atoms with Gasteiger partial charge in [0.05, 0.1) is 35.3 Å². The first-order valence-electron chi connectivity index (χ1n) is 7.53. The zero-order valence-electron chi connectivity index (χ0n) is 14.3. The molecule has 2 rings (SSSR count). The van der Waals surface area contributed by atoms with E-state index in [4.69, 9.17) is 9.47 Å². The molecule has 0 atom stereocenters. The molecule has 0 aliphatic rings. The van der Waals surface area contributed by atoms with E-state index in [2.05, 4.69) is 10.5 Å². The number of benzene rings is 2. The number of hydrazone groups is 1. The van der Waals surface area contributed by atoms with Crippen LogP contribution in [-0.4, -0.2) is 35.7 Å². The molecule has 0 aliphatic carbocycles. The molecule has 1 amide bonds. The summed E-state index contributed by atoms with van der Waals surface area (Å²) in [7, 11) is 1.13. The molecular weight excluding hydrogens is 379 g/mol. The van der Waals surface area contributed by atoms with Gasteiger partial charge in [-0.15, -0.1) is 0 Å². The van der Waals surface area contributed by atoms with Gasteiger partial charge in [0.15, 0.2) is 12.4 Å². The maximum atomic E-state index is 13.4. The molecule has 0 saturated carbocycles. The second kappa shape index (κ2) is 9.02. The van der Waals surface area contributed by atoms with Crippen molar-refractivity contribution in [2.45, 2.75) is 0 Å². The predicted molar refractivity (Wildman–Crippen MR) is 93.9 cm³/mol. The number of rotatable bonds is 8. The standard InChI is InChI=1S/C16H13FN4O7/c1-27-14-7-11(20(23)24)6-13(21(25)26)16(14)28-9-15(22)19-18-8-10-4-2-3-5-12(10)17/h2-8H,9H2,1H3,(H,19,22)/b18-8-. The van der Waals surface area contributed by atoms with E-state index < -0.39 is 45.3 Å². The van der Waals surface area contributed by atoms with Gasteiger partial charge < -0.3 is 9.47 Å². The Hall–Kier alpha value is -4.09. The van der Waals surface area contributed by atoms with Crippen molar-refractivity contribution < 1.29 is 28.5 Å². The highest BCUT2D eigenvalue weighted by Gasteiger charge is 2.27. The van der Waals surface area contributed by atoms with Gasteiger partial charge in [-0.05, 0) is 6.07 Å². The number of nitro benzene ring substituents is 2. The molecule has 146 valence electrons. The molecule has 2 aromatic rings. The van der Waals surface area contributed by atoms with Gasteiger partial charge in [-0.3, -0.25) is 25.0 Å². The number of nitro groups is 2. The van der Waals surface area contributed by atoms with E-state index in [9.17, 15) is 29.4 Å². The minimum Gasteiger partial charge on any atom is -0.492 e. The van der Waals surface area contributed by atoms with Crippen molar-refractivity contribution in [3.05, 3.63) is 68.0 Å². The number of nitrogens with zero attached hydrogens (tertiary/aromatic N) is 3. The summed E-state index contributed by atoms with van der Waals surface area (Å²) < 4.78 is 23.4. The van der Waals surface area contributed by atoms with Crippen molar-refractivity contribution in [3.63, 3.8) is 0 Å². The Morgan fingerprint density at radius 3 is 2.57 bits per heavy atom. The van der Waals surface area contributed by atoms with Crippen LogP contribution < -0.4 is 14.9 Å². The van der Waals surface area contributed by atoms with Crippen LogP contribution >= 0.6 is 0 Å². The normalized spacial score (nSPS) is 10.5. The van der Waals surface area contributed by atoms with E-state index in [0.29, 0.717) is 6.07 Å². The monoisotopic (exact) mass is 392 g/mol. The molecule has 11 nitrogen and oxygen atoms in total. The lowest BCUT2D eigenvalue weighted by Gasteiger charge is -2.10. The maximum Gasteiger partial charge on any atom is 0.321 e. The Morgan fingerprint density at radius 2 is 1.96 bits per heavy atom. The third-order valence-corrected chi connectivity index (χ3v) is 3.29. The topological polar surface area (TPSA) is 146 Å². The van der Waals surface area contributed by atoms with Gasteiger partial charge in [0.2, 0.25) is 5.75 Å². The largest absolute Gasteiger partial charge is 0.492 e. The molecule has 28 heavy (non-hydrogen) atoms. The minimum atomic E-state index is -0.904. The quantitative estimate of drug-likeness (QED) is 0.411. The Labute approximate surface area is 156 Å². The van der Waals surface area contributed by atoms with Crippen LogP contribution in [0.3, 0.4) is 0 Å². The number of amides is 1. The van der Waals surface area contributed by atoms with Gasteiger partial charge in [0.25, 0.3) is 11.6 Å². The molecule has 0 spiro atoms. The highest BCUT2D eigenvalue weighted by molar-refractivity contribution is 5.83. The Bertz CT molecular complexity index is 949. The number of methoxy groups -OCH3 is 1. The van der Waals surface area contributed by atoms with Crippen LogP contribution in [0.15, 0.2) is 41.5 Å². The van der Waals surface area contributed by atoms with Crippen LogP contribution in [0.25, 0.3) is 0 Å². The Balaban J connectivity index is 2.10. The van der Waals surface area contributed by atoms with Crippen LogP contribution in [0, 0.1) is 26.0 Å². The molecule has 2 aromatic carbocycles. The average molecular weight is 392 g/mol. The molecule has 0 fully saturated rings. The number of carbonyl (C=O) groups is 1. The maximum absolute atomic E-state index is 13.4. The molecule has 0 unspecified atom stereocenters. The van der Waals surface area contributed by atoms with E-state index in [1.165, 1.54) is 18.2 Å². The average Bonchev–Trinajstić information content (AvgIpc) is 2.66. The lowest BCUT2D eigenvalue weighted by Crippen LogP contribution is -2.25. The fraction of sp³-hybridized carbons (Fsp3) is 0.125. The Morgan fingerprint density at radius 1 is 1.25 bits per heavy atom. The van der Waals surface area contributed by atoms with Crippen LogP contribution in [0.2, 0.25) is 0 Å². The summed E-state index contributed by atoms with van der Waals surface area (Å²) >= 11 is 0. The van der Waals surface area contributed by atoms with Crippen molar-refractivity contribution >= 4 is 23.5 Å². The molecule has 0 aliphatic heterocycles. The number of nitrogens with one attached hydrogen (secondary N) is 1. The van der Waals surface area contributed by atoms with Crippen LogP contribution in [0.5, 0.6) is 11.5 Å². The van der Waals surface area contributed by atoms with Gasteiger partial charge >= 0.3 is 5.69 Å². The number of carbonyl (C=O) groups excluding carboxylic acids is 1. The fourth-order valence-corrected chi connectivity index (χ4v) is 2.03. The Kier molecular flexibility index (Phi) is 6.52. The predicted octanol–water partition coefficient (Wildman–Crippen LogP) is 2.18. The van der Waals surface area contributed by atoms with Gasteiger partial charge in [-0.2, -0.15) is 5.10 Å². The van der Waals surface area contributed by atoms with E-state index >= 15 is 0 Å². The van der Waals surface area contributed by atoms with Gasteiger partial charge in [0.1, 0.15) is 5.82 Å². The zero-order valence-corrected chi connectivity index (χ0v) is 14.3. The lowest BCUT2D eigenvalue weighted by molar-refractivity contribution is -0.394. The molecule has 12 heteroatoms. The zero-order chi connectivity index (χ0) is 20.7. The molecule has 0 heterocycles. The minimum absolute atomic E-state index is 0.136. The van der Waals surface area contributed by atoms with Crippen molar-refractivity contribution in [2.75, 3.05) is 13.7 Å². The third kappa shape index (κ3) is 4.97. The van der Waals surface area contributed by atoms with E-state index in [1.807, 2.05) is 0 Å². The number of hydrogen-bond donors (Lipinski definition) is 1. The van der Waals surface area contributed by atoms with Gasteiger partial charge in [0, 0.05) is 5.56 Å². The SMILES string of the molecule is COc1cc([N+](=O)[O-])cc([N+](=O)[O-])c1OCC(=O)N/N=C\c1ccccc1F. The summed E-state index contributed by atoms with van der Waals surface area (Å²) in [5, 5.41) is 25.6. The first kappa shape index (κ1) is 20.2. The number of hydrogen-bond acceptors (Lipinski definition) is 8. The third-order valence-electron chi connectivity index (χ3n) is 3.29. The number of ether oxygens (including phenoxy) is 2. The molecule has 0 bridgehead atoms. The highest BCUT2D eigenvalue weighted by atomic mass is 19.1. The van der Waals surface area contributed by atoms with Crippen molar-refractivity contribution in [1.82, 2.24) is 5.43 Å². The number of non-ortho nitro benzene ring substituents is 1. The highest BCUT2D eigenvalue weighted by Crippen LogP contribution is 2.40. The van der Waals surface area contributed by atoms with Gasteiger partial charge in [-0.25, -0.2) is 9.82 Å².